The molecule has 0 saturated carbocycles. The largest absolute Gasteiger partial charge is 0.361 e. The molecule has 5 heteroatoms. The van der Waals surface area contributed by atoms with Crippen molar-refractivity contribution in [3.8, 4) is 0 Å². The van der Waals surface area contributed by atoms with Crippen molar-refractivity contribution in [3.05, 3.63) is 77.3 Å². The van der Waals surface area contributed by atoms with Crippen LogP contribution in [-0.4, -0.2) is 35.2 Å². The summed E-state index contributed by atoms with van der Waals surface area (Å²) in [6.45, 7) is 0.0342. The third-order valence-corrected chi connectivity index (χ3v) is 3.42. The van der Waals surface area contributed by atoms with E-state index in [1.165, 1.54) is 0 Å². The van der Waals surface area contributed by atoms with Crippen molar-refractivity contribution in [3.63, 3.8) is 0 Å². The number of carbonyl (C=O) groups excluding carboxylic acids is 2. The second kappa shape index (κ2) is 8.54. The first-order chi connectivity index (χ1) is 11.2. The van der Waals surface area contributed by atoms with E-state index in [4.69, 9.17) is 5.53 Å². The number of hydrogen-bond acceptors (Lipinski definition) is 3. The summed E-state index contributed by atoms with van der Waals surface area (Å²) in [5.74, 6) is -0.477. The zero-order valence-corrected chi connectivity index (χ0v) is 12.6. The number of hydrogen-bond donors (Lipinski definition) is 1. The predicted molar refractivity (Wildman–Crippen MR) is 87.4 cm³/mol. The molecule has 0 amide bonds. The summed E-state index contributed by atoms with van der Waals surface area (Å²) in [5.41, 5.74) is 10.1. The van der Waals surface area contributed by atoms with Gasteiger partial charge in [0, 0.05) is 5.56 Å². The second-order valence-corrected chi connectivity index (χ2v) is 5.06. The highest BCUT2D eigenvalue weighted by Gasteiger charge is 2.21. The van der Waals surface area contributed by atoms with Crippen LogP contribution in [0.3, 0.4) is 0 Å². The van der Waals surface area contributed by atoms with E-state index in [0.29, 0.717) is 12.0 Å². The molecular formula is C18H17N3O2. The van der Waals surface area contributed by atoms with E-state index < -0.39 is 6.04 Å². The molecule has 0 radical (unpaired) electrons. The summed E-state index contributed by atoms with van der Waals surface area (Å²) in [5, 5.41) is 2.95. The Labute approximate surface area is 134 Å². The van der Waals surface area contributed by atoms with Gasteiger partial charge in [0.25, 0.3) is 5.78 Å². The summed E-state index contributed by atoms with van der Waals surface area (Å²) in [6.07, 6.45) is 1.27. The Morgan fingerprint density at radius 3 is 2.26 bits per heavy atom. The zero-order valence-electron chi connectivity index (χ0n) is 12.6. The van der Waals surface area contributed by atoms with Crippen LogP contribution < -0.4 is 5.32 Å². The summed E-state index contributed by atoms with van der Waals surface area (Å²) in [6, 6.07) is 17.7. The van der Waals surface area contributed by atoms with Crippen LogP contribution in [0.25, 0.3) is 5.53 Å². The van der Waals surface area contributed by atoms with Crippen LogP contribution in [0.4, 0.5) is 0 Å². The van der Waals surface area contributed by atoms with Gasteiger partial charge in [0.1, 0.15) is 0 Å². The van der Waals surface area contributed by atoms with Crippen molar-refractivity contribution < 1.29 is 14.4 Å². The number of nitrogens with one attached hydrogen (secondary N) is 1. The average molecular weight is 307 g/mol. The van der Waals surface area contributed by atoms with Gasteiger partial charge in [-0.15, -0.1) is 0 Å². The second-order valence-electron chi connectivity index (χ2n) is 5.06. The molecule has 1 atom stereocenters. The third kappa shape index (κ3) is 5.11. The fourth-order valence-corrected chi connectivity index (χ4v) is 2.21. The summed E-state index contributed by atoms with van der Waals surface area (Å²) < 4.78 is 0. The van der Waals surface area contributed by atoms with E-state index in [2.05, 4.69) is 10.1 Å². The van der Waals surface area contributed by atoms with E-state index >= 15 is 0 Å². The predicted octanol–water partition coefficient (Wildman–Crippen LogP) is 1.94. The minimum atomic E-state index is -0.624. The first-order valence-electron chi connectivity index (χ1n) is 7.27. The van der Waals surface area contributed by atoms with Gasteiger partial charge in [-0.1, -0.05) is 60.7 Å². The molecule has 0 aliphatic carbocycles. The van der Waals surface area contributed by atoms with Gasteiger partial charge in [0.05, 0.1) is 12.6 Å². The normalized spacial score (nSPS) is 11.3. The summed E-state index contributed by atoms with van der Waals surface area (Å²) in [4.78, 5) is 26.9. The maximum absolute atomic E-state index is 12.1. The molecule has 0 bridgehead atoms. The standard InChI is InChI=1S/C18H17N3O2/c19-21-13-18(23)16(11-14-7-3-1-4-8-14)20-12-17(22)15-9-5-2-6-10-15/h1-10,13,16,20H,11-12H2. The fraction of sp³-hybridized carbons (Fsp3) is 0.167. The van der Waals surface area contributed by atoms with E-state index in [1.807, 2.05) is 36.4 Å². The molecule has 0 aliphatic rings. The third-order valence-electron chi connectivity index (χ3n) is 3.42. The number of Topliss-reactive ketones (excluding diaryl/α,β-unsaturated/α-hetero) is 2. The molecule has 1 N–H and O–H groups in total. The van der Waals surface area contributed by atoms with Crippen molar-refractivity contribution >= 4 is 17.8 Å². The molecule has 0 aromatic heterocycles. The monoisotopic (exact) mass is 307 g/mol. The lowest BCUT2D eigenvalue weighted by Crippen LogP contribution is -2.42. The van der Waals surface area contributed by atoms with Gasteiger partial charge in [-0.3, -0.25) is 14.9 Å². The molecule has 2 rings (SSSR count). The van der Waals surface area contributed by atoms with Crippen LogP contribution in [0.5, 0.6) is 0 Å². The zero-order chi connectivity index (χ0) is 16.5. The molecule has 2 aromatic rings. The van der Waals surface area contributed by atoms with Crippen LogP contribution in [0.2, 0.25) is 0 Å². The van der Waals surface area contributed by atoms with Gasteiger partial charge in [-0.25, -0.2) is 0 Å². The lowest BCUT2D eigenvalue weighted by molar-refractivity contribution is -0.117. The summed E-state index contributed by atoms with van der Waals surface area (Å²) >= 11 is 0. The average Bonchev–Trinajstić information content (AvgIpc) is 2.60. The van der Waals surface area contributed by atoms with Gasteiger partial charge < -0.3 is 5.53 Å². The molecule has 2 aromatic carbocycles. The highest BCUT2D eigenvalue weighted by Crippen LogP contribution is 2.05. The van der Waals surface area contributed by atoms with Crippen LogP contribution in [-0.2, 0) is 11.2 Å². The summed E-state index contributed by atoms with van der Waals surface area (Å²) in [7, 11) is 0. The number of carbonyl (C=O) groups is 2. The molecule has 23 heavy (non-hydrogen) atoms. The molecule has 0 aliphatic heterocycles. The van der Waals surface area contributed by atoms with Crippen molar-refractivity contribution in [2.75, 3.05) is 6.54 Å². The molecule has 0 saturated heterocycles. The van der Waals surface area contributed by atoms with Crippen LogP contribution >= 0.6 is 0 Å². The molecule has 116 valence electrons. The number of ketones is 2. The Hall–Kier alpha value is -2.88. The topological polar surface area (TPSA) is 82.6 Å². The molecule has 0 fully saturated rings. The van der Waals surface area contributed by atoms with Gasteiger partial charge in [-0.05, 0) is 12.0 Å². The van der Waals surface area contributed by atoms with Crippen LogP contribution in [0.15, 0.2) is 60.7 Å². The SMILES string of the molecule is [N-]=[N+]=CC(=O)C(Cc1ccccc1)NCC(=O)c1ccccc1. The van der Waals surface area contributed by atoms with Crippen molar-refractivity contribution in [2.45, 2.75) is 12.5 Å². The minimum Gasteiger partial charge on any atom is -0.361 e. The smallest absolute Gasteiger partial charge is 0.324 e. The fourth-order valence-electron chi connectivity index (χ4n) is 2.21. The lowest BCUT2D eigenvalue weighted by Gasteiger charge is -2.14. The number of rotatable bonds is 8. The van der Waals surface area contributed by atoms with E-state index in [-0.39, 0.29) is 18.1 Å². The maximum atomic E-state index is 12.1. The highest BCUT2D eigenvalue weighted by atomic mass is 16.1. The van der Waals surface area contributed by atoms with Crippen molar-refractivity contribution in [2.24, 2.45) is 0 Å². The maximum Gasteiger partial charge on any atom is 0.324 e. The Morgan fingerprint density at radius 2 is 1.65 bits per heavy atom. The van der Waals surface area contributed by atoms with Gasteiger partial charge in [0.15, 0.2) is 5.78 Å². The van der Waals surface area contributed by atoms with Gasteiger partial charge >= 0.3 is 6.21 Å². The van der Waals surface area contributed by atoms with Crippen molar-refractivity contribution in [1.82, 2.24) is 5.32 Å². The Bertz CT molecular complexity index is 708. The first-order valence-corrected chi connectivity index (χ1v) is 7.27. The number of nitrogens with zero attached hydrogens (tertiary/aromatic N) is 2. The van der Waals surface area contributed by atoms with Crippen LogP contribution in [0.1, 0.15) is 15.9 Å². The van der Waals surface area contributed by atoms with E-state index in [9.17, 15) is 9.59 Å². The van der Waals surface area contributed by atoms with Gasteiger partial charge in [0.2, 0.25) is 0 Å². The molecular weight excluding hydrogens is 290 g/mol. The quantitative estimate of drug-likeness (QED) is 0.350. The Balaban J connectivity index is 2.04. The van der Waals surface area contributed by atoms with Crippen molar-refractivity contribution in [1.29, 1.82) is 0 Å². The lowest BCUT2D eigenvalue weighted by atomic mass is 10.0. The highest BCUT2D eigenvalue weighted by molar-refractivity contribution is 6.27. The van der Waals surface area contributed by atoms with E-state index in [1.54, 1.807) is 24.3 Å². The van der Waals surface area contributed by atoms with Gasteiger partial charge in [-0.2, -0.15) is 4.79 Å². The Kier molecular flexibility index (Phi) is 6.12. The van der Waals surface area contributed by atoms with E-state index in [0.717, 1.165) is 11.8 Å². The molecule has 0 heterocycles. The minimum absolute atomic E-state index is 0.0342. The van der Waals surface area contributed by atoms with Crippen LogP contribution in [0, 0.1) is 0 Å². The number of benzene rings is 2. The molecule has 0 spiro atoms. The molecule has 1 unspecified atom stereocenters. The first kappa shape index (κ1) is 16.5. The molecule has 5 nitrogen and oxygen atoms in total. The Morgan fingerprint density at radius 1 is 1.04 bits per heavy atom.